The number of carbonyl (C=O) groups excluding carboxylic acids is 1. The Balaban J connectivity index is 1.54. The summed E-state index contributed by atoms with van der Waals surface area (Å²) in [6.07, 6.45) is 8.17. The number of nitrogens with one attached hydrogen (secondary N) is 1. The number of carbonyl (C=O) groups is 1. The minimum atomic E-state index is -0.188. The van der Waals surface area contributed by atoms with Gasteiger partial charge < -0.3 is 11.1 Å². The Kier molecular flexibility index (Phi) is 3.57. The highest BCUT2D eigenvalue weighted by Gasteiger charge is 2.34. The maximum atomic E-state index is 11.1. The van der Waals surface area contributed by atoms with Crippen LogP contribution < -0.4 is 11.1 Å². The van der Waals surface area contributed by atoms with Gasteiger partial charge in [0.15, 0.2) is 0 Å². The summed E-state index contributed by atoms with van der Waals surface area (Å²) in [6.45, 7) is 2.51. The van der Waals surface area contributed by atoms with Gasteiger partial charge in [-0.2, -0.15) is 0 Å². The van der Waals surface area contributed by atoms with E-state index in [0.717, 1.165) is 31.0 Å². The highest BCUT2D eigenvalue weighted by molar-refractivity contribution is 5.75. The summed E-state index contributed by atoms with van der Waals surface area (Å²) in [5.74, 6) is 1.55. The zero-order chi connectivity index (χ0) is 12.5. The lowest BCUT2D eigenvalue weighted by Crippen LogP contribution is -2.51. The van der Waals surface area contributed by atoms with Crippen LogP contribution in [0.3, 0.4) is 0 Å². The lowest BCUT2D eigenvalue weighted by atomic mass is 9.89. The molecular formula is C14H25N3O. The lowest BCUT2D eigenvalue weighted by Gasteiger charge is -2.38. The number of hydrogen-bond acceptors (Lipinski definition) is 3. The lowest BCUT2D eigenvalue weighted by molar-refractivity contribution is -0.119. The Morgan fingerprint density at radius 2 is 1.89 bits per heavy atom. The normalized spacial score (nSPS) is 33.6. The molecule has 4 nitrogen and oxygen atoms in total. The standard InChI is InChI=1S/C14H25N3O/c15-14(18)9-17-7-11(5-10-1-2-10)6-13(8-17)16-12-3-4-12/h10-13,16H,1-9H2,(H2,15,18). The molecule has 3 N–H and O–H groups in total. The van der Waals surface area contributed by atoms with Gasteiger partial charge in [-0.25, -0.2) is 0 Å². The molecule has 1 aliphatic heterocycles. The van der Waals surface area contributed by atoms with E-state index >= 15 is 0 Å². The highest BCUT2D eigenvalue weighted by Crippen LogP contribution is 2.38. The molecule has 2 unspecified atom stereocenters. The van der Waals surface area contributed by atoms with Crippen molar-refractivity contribution in [1.82, 2.24) is 10.2 Å². The Hall–Kier alpha value is -0.610. The van der Waals surface area contributed by atoms with Crippen molar-refractivity contribution in [2.75, 3.05) is 19.6 Å². The summed E-state index contributed by atoms with van der Waals surface area (Å²) in [5.41, 5.74) is 5.34. The van der Waals surface area contributed by atoms with Gasteiger partial charge in [-0.05, 0) is 37.5 Å². The largest absolute Gasteiger partial charge is 0.369 e. The maximum absolute atomic E-state index is 11.1. The zero-order valence-corrected chi connectivity index (χ0v) is 11.1. The van der Waals surface area contributed by atoms with Gasteiger partial charge in [-0.3, -0.25) is 9.69 Å². The smallest absolute Gasteiger partial charge is 0.231 e. The molecule has 2 aliphatic carbocycles. The Morgan fingerprint density at radius 1 is 1.11 bits per heavy atom. The molecule has 2 saturated carbocycles. The summed E-state index contributed by atoms with van der Waals surface area (Å²) in [7, 11) is 0. The van der Waals surface area contributed by atoms with Crippen LogP contribution in [-0.2, 0) is 4.79 Å². The van der Waals surface area contributed by atoms with Crippen molar-refractivity contribution < 1.29 is 4.79 Å². The number of piperidine rings is 1. The fourth-order valence-corrected chi connectivity index (χ4v) is 3.35. The fraction of sp³-hybridized carbons (Fsp3) is 0.929. The van der Waals surface area contributed by atoms with Crippen LogP contribution in [0.1, 0.15) is 38.5 Å². The van der Waals surface area contributed by atoms with Gasteiger partial charge in [-0.1, -0.05) is 12.8 Å². The molecule has 0 aromatic carbocycles. The van der Waals surface area contributed by atoms with Gasteiger partial charge in [0, 0.05) is 25.2 Å². The first-order valence-corrected chi connectivity index (χ1v) is 7.45. The summed E-state index contributed by atoms with van der Waals surface area (Å²) >= 11 is 0. The monoisotopic (exact) mass is 251 g/mol. The molecule has 1 amide bonds. The third-order valence-corrected chi connectivity index (χ3v) is 4.40. The summed E-state index contributed by atoms with van der Waals surface area (Å²) < 4.78 is 0. The van der Waals surface area contributed by atoms with Crippen molar-refractivity contribution in [3.8, 4) is 0 Å². The van der Waals surface area contributed by atoms with Crippen molar-refractivity contribution in [3.63, 3.8) is 0 Å². The minimum absolute atomic E-state index is 0.188. The second-order valence-corrected chi connectivity index (χ2v) is 6.58. The maximum Gasteiger partial charge on any atom is 0.231 e. The van der Waals surface area contributed by atoms with E-state index < -0.39 is 0 Å². The van der Waals surface area contributed by atoms with E-state index in [2.05, 4.69) is 10.2 Å². The van der Waals surface area contributed by atoms with Crippen molar-refractivity contribution in [2.24, 2.45) is 17.6 Å². The Labute approximate surface area is 109 Å². The van der Waals surface area contributed by atoms with Gasteiger partial charge in [0.25, 0.3) is 0 Å². The van der Waals surface area contributed by atoms with Crippen LogP contribution >= 0.6 is 0 Å². The SMILES string of the molecule is NC(=O)CN1CC(CC2CC2)CC(NC2CC2)C1. The summed E-state index contributed by atoms with van der Waals surface area (Å²) in [6, 6.07) is 1.33. The van der Waals surface area contributed by atoms with E-state index in [4.69, 9.17) is 5.73 Å². The van der Waals surface area contributed by atoms with E-state index in [1.54, 1.807) is 0 Å². The first kappa shape index (κ1) is 12.4. The number of primary amides is 1. The van der Waals surface area contributed by atoms with Crippen molar-refractivity contribution in [3.05, 3.63) is 0 Å². The van der Waals surface area contributed by atoms with Crippen LogP contribution in [0.5, 0.6) is 0 Å². The quantitative estimate of drug-likeness (QED) is 0.731. The molecule has 0 radical (unpaired) electrons. The number of likely N-dealkylation sites (tertiary alicyclic amines) is 1. The van der Waals surface area contributed by atoms with Crippen LogP contribution in [0.2, 0.25) is 0 Å². The molecule has 18 heavy (non-hydrogen) atoms. The van der Waals surface area contributed by atoms with E-state index in [1.807, 2.05) is 0 Å². The number of hydrogen-bond donors (Lipinski definition) is 2. The first-order chi connectivity index (χ1) is 8.69. The van der Waals surface area contributed by atoms with E-state index in [0.29, 0.717) is 12.6 Å². The molecule has 2 atom stereocenters. The van der Waals surface area contributed by atoms with Crippen LogP contribution in [-0.4, -0.2) is 42.5 Å². The average Bonchev–Trinajstić information content (AvgIpc) is 3.12. The second-order valence-electron chi connectivity index (χ2n) is 6.58. The molecule has 3 fully saturated rings. The van der Waals surface area contributed by atoms with Gasteiger partial charge in [0.05, 0.1) is 6.54 Å². The Bertz CT molecular complexity index is 290. The number of nitrogens with two attached hydrogens (primary N) is 1. The van der Waals surface area contributed by atoms with Crippen LogP contribution in [0, 0.1) is 11.8 Å². The van der Waals surface area contributed by atoms with Gasteiger partial charge in [0.2, 0.25) is 5.91 Å². The van der Waals surface area contributed by atoms with Crippen molar-refractivity contribution in [1.29, 1.82) is 0 Å². The number of nitrogens with zero attached hydrogens (tertiary/aromatic N) is 1. The third-order valence-electron chi connectivity index (χ3n) is 4.40. The number of rotatable bonds is 6. The van der Waals surface area contributed by atoms with Gasteiger partial charge in [-0.15, -0.1) is 0 Å². The van der Waals surface area contributed by atoms with Crippen LogP contribution in [0.25, 0.3) is 0 Å². The molecule has 3 rings (SSSR count). The topological polar surface area (TPSA) is 58.4 Å². The minimum Gasteiger partial charge on any atom is -0.369 e. The molecular weight excluding hydrogens is 226 g/mol. The summed E-state index contributed by atoms with van der Waals surface area (Å²) in [4.78, 5) is 13.4. The molecule has 0 spiro atoms. The van der Waals surface area contributed by atoms with Gasteiger partial charge in [0.1, 0.15) is 0 Å². The van der Waals surface area contributed by atoms with Gasteiger partial charge >= 0.3 is 0 Å². The molecule has 4 heteroatoms. The molecule has 3 aliphatic rings. The van der Waals surface area contributed by atoms with Crippen molar-refractivity contribution in [2.45, 2.75) is 50.6 Å². The first-order valence-electron chi connectivity index (χ1n) is 7.45. The molecule has 0 aromatic rings. The summed E-state index contributed by atoms with van der Waals surface area (Å²) in [5, 5.41) is 3.73. The van der Waals surface area contributed by atoms with E-state index in [-0.39, 0.29) is 5.91 Å². The second kappa shape index (κ2) is 5.17. The molecule has 1 heterocycles. The molecule has 1 saturated heterocycles. The van der Waals surface area contributed by atoms with Crippen LogP contribution in [0.4, 0.5) is 0 Å². The molecule has 0 bridgehead atoms. The van der Waals surface area contributed by atoms with Crippen molar-refractivity contribution >= 4 is 5.91 Å². The fourth-order valence-electron chi connectivity index (χ4n) is 3.35. The van der Waals surface area contributed by atoms with E-state index in [1.165, 1.54) is 38.5 Å². The predicted molar refractivity (Wildman–Crippen MR) is 71.0 cm³/mol. The number of amides is 1. The van der Waals surface area contributed by atoms with Crippen LogP contribution in [0.15, 0.2) is 0 Å². The molecule has 0 aromatic heterocycles. The Morgan fingerprint density at radius 3 is 2.50 bits per heavy atom. The predicted octanol–water partition coefficient (Wildman–Crippen LogP) is 0.714. The average molecular weight is 251 g/mol. The highest BCUT2D eigenvalue weighted by atomic mass is 16.1. The zero-order valence-electron chi connectivity index (χ0n) is 11.1. The third kappa shape index (κ3) is 3.69. The van der Waals surface area contributed by atoms with E-state index in [9.17, 15) is 4.79 Å². The molecule has 102 valence electrons.